The van der Waals surface area contributed by atoms with Gasteiger partial charge in [0.1, 0.15) is 18.2 Å². The van der Waals surface area contributed by atoms with Gasteiger partial charge in [0.25, 0.3) is 11.5 Å². The molecule has 2 aromatic heterocycles. The fourth-order valence-electron chi connectivity index (χ4n) is 4.04. The van der Waals surface area contributed by atoms with Crippen molar-refractivity contribution in [1.82, 2.24) is 14.5 Å². The van der Waals surface area contributed by atoms with Gasteiger partial charge in [-0.25, -0.2) is 0 Å². The Hall–Kier alpha value is -3.74. The Bertz CT molecular complexity index is 1350. The smallest absolute Gasteiger partial charge is 0.274 e. The molecule has 5 rings (SSSR count). The van der Waals surface area contributed by atoms with E-state index in [2.05, 4.69) is 5.32 Å². The molecule has 0 unspecified atom stereocenters. The standard InChI is InChI=1S/C23H21N3O4/c1-25-12-16(20-15-7-3-4-8-17(15)26(2)21(20)23(25)28)22(27)24-11-14-13-29-18-9-5-6-10-19(18)30-14/h3-10,12,14H,11,13H2,1-2H3,(H,24,27)/t14-/m0/s1. The van der Waals surface area contributed by atoms with Gasteiger partial charge < -0.3 is 23.9 Å². The number of nitrogens with one attached hydrogen (secondary N) is 1. The summed E-state index contributed by atoms with van der Waals surface area (Å²) in [5, 5.41) is 4.49. The van der Waals surface area contributed by atoms with Gasteiger partial charge in [0.15, 0.2) is 11.5 Å². The highest BCUT2D eigenvalue weighted by molar-refractivity contribution is 6.17. The van der Waals surface area contributed by atoms with Gasteiger partial charge in [-0.3, -0.25) is 9.59 Å². The number of hydrogen-bond donors (Lipinski definition) is 1. The van der Waals surface area contributed by atoms with Crippen LogP contribution < -0.4 is 20.3 Å². The summed E-state index contributed by atoms with van der Waals surface area (Å²) in [6.45, 7) is 0.649. The fraction of sp³-hybridized carbons (Fsp3) is 0.217. The Morgan fingerprint density at radius 2 is 1.83 bits per heavy atom. The molecule has 1 aliphatic rings. The van der Waals surface area contributed by atoms with Crippen LogP contribution in [-0.2, 0) is 14.1 Å². The molecule has 7 heteroatoms. The van der Waals surface area contributed by atoms with Crippen molar-refractivity contribution in [3.63, 3.8) is 0 Å². The molecule has 7 nitrogen and oxygen atoms in total. The van der Waals surface area contributed by atoms with E-state index in [1.807, 2.05) is 60.1 Å². The van der Waals surface area contributed by atoms with E-state index in [1.165, 1.54) is 4.57 Å². The number of fused-ring (bicyclic) bond motifs is 4. The third-order valence-electron chi connectivity index (χ3n) is 5.52. The minimum absolute atomic E-state index is 0.138. The van der Waals surface area contributed by atoms with Gasteiger partial charge in [-0.15, -0.1) is 0 Å². The van der Waals surface area contributed by atoms with E-state index in [0.717, 1.165) is 10.9 Å². The number of carbonyl (C=O) groups is 1. The van der Waals surface area contributed by atoms with E-state index < -0.39 is 0 Å². The molecule has 0 saturated heterocycles. The average molecular weight is 403 g/mol. The number of rotatable bonds is 3. The lowest BCUT2D eigenvalue weighted by Crippen LogP contribution is -2.41. The summed E-state index contributed by atoms with van der Waals surface area (Å²) in [6.07, 6.45) is 1.30. The molecule has 30 heavy (non-hydrogen) atoms. The van der Waals surface area contributed by atoms with Gasteiger partial charge in [0.05, 0.1) is 12.1 Å². The second-order valence-corrected chi connectivity index (χ2v) is 7.47. The van der Waals surface area contributed by atoms with Crippen molar-refractivity contribution < 1.29 is 14.3 Å². The quantitative estimate of drug-likeness (QED) is 0.571. The minimum Gasteiger partial charge on any atom is -0.486 e. The van der Waals surface area contributed by atoms with Gasteiger partial charge in [-0.1, -0.05) is 30.3 Å². The number of aromatic nitrogens is 2. The first-order valence-electron chi connectivity index (χ1n) is 9.78. The number of pyridine rings is 1. The van der Waals surface area contributed by atoms with Gasteiger partial charge in [0.2, 0.25) is 0 Å². The maximum Gasteiger partial charge on any atom is 0.274 e. The summed E-state index contributed by atoms with van der Waals surface area (Å²) in [4.78, 5) is 25.9. The lowest BCUT2D eigenvalue weighted by atomic mass is 10.1. The predicted molar refractivity (Wildman–Crippen MR) is 114 cm³/mol. The van der Waals surface area contributed by atoms with Crippen LogP contribution in [0, 0.1) is 0 Å². The highest BCUT2D eigenvalue weighted by Crippen LogP contribution is 2.31. The van der Waals surface area contributed by atoms with Crippen molar-refractivity contribution in [3.8, 4) is 11.5 Å². The molecular formula is C23H21N3O4. The lowest BCUT2D eigenvalue weighted by Gasteiger charge is -2.26. The molecule has 2 aromatic carbocycles. The van der Waals surface area contributed by atoms with E-state index in [1.54, 1.807) is 13.2 Å². The van der Waals surface area contributed by atoms with Crippen molar-refractivity contribution in [2.45, 2.75) is 6.10 Å². The predicted octanol–water partition coefficient (Wildman–Crippen LogP) is 2.60. The zero-order valence-corrected chi connectivity index (χ0v) is 16.7. The molecule has 1 aliphatic heterocycles. The number of benzene rings is 2. The van der Waals surface area contributed by atoms with Crippen LogP contribution in [0.4, 0.5) is 0 Å². The third kappa shape index (κ3) is 2.82. The zero-order chi connectivity index (χ0) is 20.8. The van der Waals surface area contributed by atoms with Gasteiger partial charge in [0, 0.05) is 36.6 Å². The number of nitrogens with zero attached hydrogens (tertiary/aromatic N) is 2. The maximum atomic E-state index is 13.1. The van der Waals surface area contributed by atoms with Crippen molar-refractivity contribution in [3.05, 3.63) is 70.6 Å². The second kappa shape index (κ2) is 6.95. The monoisotopic (exact) mass is 403 g/mol. The number of para-hydroxylation sites is 3. The van der Waals surface area contributed by atoms with Crippen LogP contribution in [0.5, 0.6) is 11.5 Å². The fourth-order valence-corrected chi connectivity index (χ4v) is 4.04. The Morgan fingerprint density at radius 3 is 2.67 bits per heavy atom. The topological polar surface area (TPSA) is 74.5 Å². The Balaban J connectivity index is 1.48. The van der Waals surface area contributed by atoms with Crippen LogP contribution in [-0.4, -0.2) is 34.3 Å². The molecule has 1 atom stereocenters. The van der Waals surface area contributed by atoms with E-state index >= 15 is 0 Å². The average Bonchev–Trinajstić information content (AvgIpc) is 3.07. The SMILES string of the molecule is Cn1cc(C(=O)NC[C@H]2COc3ccccc3O2)c2c3ccccc3n(C)c2c1=O. The van der Waals surface area contributed by atoms with E-state index in [4.69, 9.17) is 9.47 Å². The zero-order valence-electron chi connectivity index (χ0n) is 16.7. The van der Waals surface area contributed by atoms with Crippen LogP contribution in [0.2, 0.25) is 0 Å². The summed E-state index contributed by atoms with van der Waals surface area (Å²) in [5.74, 6) is 1.12. The Kier molecular flexibility index (Phi) is 4.24. The van der Waals surface area contributed by atoms with Gasteiger partial charge in [-0.2, -0.15) is 0 Å². The van der Waals surface area contributed by atoms with Crippen LogP contribution >= 0.6 is 0 Å². The second-order valence-electron chi connectivity index (χ2n) is 7.47. The molecule has 0 saturated carbocycles. The summed E-state index contributed by atoms with van der Waals surface area (Å²) in [5.41, 5.74) is 1.74. The van der Waals surface area contributed by atoms with Gasteiger partial charge in [-0.05, 0) is 18.2 Å². The van der Waals surface area contributed by atoms with Gasteiger partial charge >= 0.3 is 0 Å². The Labute approximate surface area is 172 Å². The van der Waals surface area contributed by atoms with Crippen molar-refractivity contribution in [2.24, 2.45) is 14.1 Å². The van der Waals surface area contributed by atoms with Crippen LogP contribution in [0.15, 0.2) is 59.5 Å². The molecular weight excluding hydrogens is 382 g/mol. The number of aryl methyl sites for hydroxylation is 2. The van der Waals surface area contributed by atoms with Crippen molar-refractivity contribution in [1.29, 1.82) is 0 Å². The summed E-state index contributed by atoms with van der Waals surface area (Å²) >= 11 is 0. The number of carbonyl (C=O) groups excluding carboxylic acids is 1. The van der Waals surface area contributed by atoms with E-state index in [0.29, 0.717) is 41.1 Å². The van der Waals surface area contributed by atoms with Crippen molar-refractivity contribution >= 4 is 27.7 Å². The normalized spacial score (nSPS) is 15.5. The first-order chi connectivity index (χ1) is 14.5. The molecule has 1 amide bonds. The molecule has 0 spiro atoms. The largest absolute Gasteiger partial charge is 0.486 e. The first-order valence-corrected chi connectivity index (χ1v) is 9.78. The number of amides is 1. The van der Waals surface area contributed by atoms with E-state index in [9.17, 15) is 9.59 Å². The maximum absolute atomic E-state index is 13.1. The minimum atomic E-state index is -0.292. The first kappa shape index (κ1) is 18.3. The molecule has 4 aromatic rings. The molecule has 0 bridgehead atoms. The molecule has 0 fully saturated rings. The highest BCUT2D eigenvalue weighted by atomic mass is 16.6. The van der Waals surface area contributed by atoms with Crippen LogP contribution in [0.25, 0.3) is 21.8 Å². The third-order valence-corrected chi connectivity index (χ3v) is 5.52. The summed E-state index contributed by atoms with van der Waals surface area (Å²) in [6, 6.07) is 15.2. The number of hydrogen-bond acceptors (Lipinski definition) is 4. The summed E-state index contributed by atoms with van der Waals surface area (Å²) in [7, 11) is 3.50. The molecule has 0 radical (unpaired) electrons. The van der Waals surface area contributed by atoms with E-state index in [-0.39, 0.29) is 17.6 Å². The lowest BCUT2D eigenvalue weighted by molar-refractivity contribution is 0.0790. The number of ether oxygens (including phenoxy) is 2. The Morgan fingerprint density at radius 1 is 1.10 bits per heavy atom. The van der Waals surface area contributed by atoms with Crippen molar-refractivity contribution in [2.75, 3.05) is 13.2 Å². The molecule has 152 valence electrons. The van der Waals surface area contributed by atoms with Crippen LogP contribution in [0.3, 0.4) is 0 Å². The van der Waals surface area contributed by atoms with Crippen LogP contribution in [0.1, 0.15) is 10.4 Å². The summed E-state index contributed by atoms with van der Waals surface area (Å²) < 4.78 is 14.9. The highest BCUT2D eigenvalue weighted by Gasteiger charge is 2.24. The molecule has 0 aliphatic carbocycles. The molecule has 1 N–H and O–H groups in total. The molecule has 3 heterocycles.